The van der Waals surface area contributed by atoms with Crippen molar-refractivity contribution in [1.29, 1.82) is 5.26 Å². The third-order valence-electron chi connectivity index (χ3n) is 2.75. The van der Waals surface area contributed by atoms with Gasteiger partial charge in [-0.1, -0.05) is 11.6 Å². The Morgan fingerprint density at radius 1 is 1.32 bits per heavy atom. The molecule has 0 atom stereocenters. The van der Waals surface area contributed by atoms with Crippen LogP contribution < -0.4 is 5.32 Å². The van der Waals surface area contributed by atoms with Gasteiger partial charge in [-0.25, -0.2) is 4.39 Å². The van der Waals surface area contributed by atoms with Crippen LogP contribution in [0.4, 0.5) is 15.9 Å². The summed E-state index contributed by atoms with van der Waals surface area (Å²) in [6, 6.07) is 6.33. The third kappa shape index (κ3) is 2.64. The second kappa shape index (κ2) is 5.21. The van der Waals surface area contributed by atoms with Gasteiger partial charge in [0.05, 0.1) is 10.7 Å². The summed E-state index contributed by atoms with van der Waals surface area (Å²) in [5.74, 6) is -0.241. The Balaban J connectivity index is 2.41. The molecular formula is C13H10ClFN4. The average molecular weight is 277 g/mol. The van der Waals surface area contributed by atoms with Crippen molar-refractivity contribution in [2.24, 2.45) is 0 Å². The Hall–Kier alpha value is -2.19. The molecule has 6 heteroatoms. The van der Waals surface area contributed by atoms with E-state index in [4.69, 9.17) is 16.9 Å². The number of halogens is 2. The van der Waals surface area contributed by atoms with Crippen molar-refractivity contribution < 1.29 is 4.39 Å². The zero-order valence-corrected chi connectivity index (χ0v) is 11.1. The number of nitriles is 1. The van der Waals surface area contributed by atoms with Gasteiger partial charge in [0.15, 0.2) is 5.82 Å². The maximum Gasteiger partial charge on any atom is 0.171 e. The van der Waals surface area contributed by atoms with Gasteiger partial charge in [0, 0.05) is 5.69 Å². The number of aryl methyl sites for hydroxylation is 1. The van der Waals surface area contributed by atoms with Gasteiger partial charge in [-0.05, 0) is 37.6 Å². The molecule has 0 saturated heterocycles. The topological polar surface area (TPSA) is 61.6 Å². The number of aromatic nitrogens is 2. The highest BCUT2D eigenvalue weighted by molar-refractivity contribution is 6.30. The summed E-state index contributed by atoms with van der Waals surface area (Å²) in [7, 11) is 0. The third-order valence-corrected chi connectivity index (χ3v) is 3.06. The van der Waals surface area contributed by atoms with Crippen LogP contribution >= 0.6 is 11.6 Å². The SMILES string of the molecule is Cc1nnc(Nc2ccc(Cl)c(F)c2)c(C#N)c1C. The first-order valence-corrected chi connectivity index (χ1v) is 5.86. The maximum absolute atomic E-state index is 13.3. The number of hydrogen-bond donors (Lipinski definition) is 1. The number of benzene rings is 1. The van der Waals surface area contributed by atoms with E-state index in [0.717, 1.165) is 5.56 Å². The van der Waals surface area contributed by atoms with Crippen LogP contribution in [0.3, 0.4) is 0 Å². The molecule has 1 aromatic heterocycles. The molecule has 1 heterocycles. The lowest BCUT2D eigenvalue weighted by Gasteiger charge is -2.09. The lowest BCUT2D eigenvalue weighted by Crippen LogP contribution is -2.03. The molecule has 1 aromatic carbocycles. The van der Waals surface area contributed by atoms with Crippen LogP contribution in [0.25, 0.3) is 0 Å². The molecule has 0 aliphatic rings. The van der Waals surface area contributed by atoms with E-state index in [1.54, 1.807) is 19.9 Å². The Bertz CT molecular complexity index is 679. The predicted octanol–water partition coefficient (Wildman–Crippen LogP) is 3.50. The monoisotopic (exact) mass is 276 g/mol. The summed E-state index contributed by atoms with van der Waals surface area (Å²) in [6.07, 6.45) is 0. The molecule has 96 valence electrons. The van der Waals surface area contributed by atoms with Gasteiger partial charge in [0.25, 0.3) is 0 Å². The molecule has 0 radical (unpaired) electrons. The fourth-order valence-electron chi connectivity index (χ4n) is 1.54. The molecule has 0 spiro atoms. The molecule has 1 N–H and O–H groups in total. The molecule has 19 heavy (non-hydrogen) atoms. The van der Waals surface area contributed by atoms with Crippen molar-refractivity contribution in [2.75, 3.05) is 5.32 Å². The highest BCUT2D eigenvalue weighted by atomic mass is 35.5. The number of hydrogen-bond acceptors (Lipinski definition) is 4. The lowest BCUT2D eigenvalue weighted by molar-refractivity contribution is 0.629. The summed E-state index contributed by atoms with van der Waals surface area (Å²) in [6.45, 7) is 3.56. The fourth-order valence-corrected chi connectivity index (χ4v) is 1.66. The summed E-state index contributed by atoms with van der Waals surface area (Å²) < 4.78 is 13.3. The van der Waals surface area contributed by atoms with E-state index in [2.05, 4.69) is 21.6 Å². The van der Waals surface area contributed by atoms with Crippen molar-refractivity contribution in [3.8, 4) is 6.07 Å². The minimum absolute atomic E-state index is 0.0391. The number of rotatable bonds is 2. The molecule has 4 nitrogen and oxygen atoms in total. The largest absolute Gasteiger partial charge is 0.338 e. The fraction of sp³-hybridized carbons (Fsp3) is 0.154. The molecule has 2 rings (SSSR count). The van der Waals surface area contributed by atoms with Gasteiger partial charge < -0.3 is 5.32 Å². The first kappa shape index (κ1) is 13.2. The second-order valence-corrected chi connectivity index (χ2v) is 4.41. The molecule has 0 saturated carbocycles. The van der Waals surface area contributed by atoms with Crippen molar-refractivity contribution in [3.05, 3.63) is 45.9 Å². The molecule has 0 unspecified atom stereocenters. The Morgan fingerprint density at radius 3 is 2.68 bits per heavy atom. The molecule has 0 aliphatic carbocycles. The minimum Gasteiger partial charge on any atom is -0.338 e. The predicted molar refractivity (Wildman–Crippen MR) is 70.9 cm³/mol. The summed E-state index contributed by atoms with van der Waals surface area (Å²) in [5, 5.41) is 19.9. The van der Waals surface area contributed by atoms with E-state index in [0.29, 0.717) is 22.8 Å². The van der Waals surface area contributed by atoms with E-state index in [-0.39, 0.29) is 5.02 Å². The van der Waals surface area contributed by atoms with E-state index in [1.165, 1.54) is 12.1 Å². The highest BCUT2D eigenvalue weighted by Gasteiger charge is 2.11. The van der Waals surface area contributed by atoms with Gasteiger partial charge in [-0.2, -0.15) is 10.4 Å². The van der Waals surface area contributed by atoms with Crippen LogP contribution in [0.2, 0.25) is 5.02 Å². The summed E-state index contributed by atoms with van der Waals surface area (Å²) in [5.41, 5.74) is 2.28. The van der Waals surface area contributed by atoms with Crippen LogP contribution in [-0.4, -0.2) is 10.2 Å². The van der Waals surface area contributed by atoms with Crippen molar-refractivity contribution in [3.63, 3.8) is 0 Å². The van der Waals surface area contributed by atoms with E-state index < -0.39 is 5.82 Å². The standard InChI is InChI=1S/C13H10ClFN4/c1-7-8(2)18-19-13(10(7)6-16)17-9-3-4-11(14)12(15)5-9/h3-5H,1-2H3,(H,17,19). The average Bonchev–Trinajstić information content (AvgIpc) is 2.39. The number of nitrogens with zero attached hydrogens (tertiary/aromatic N) is 3. The van der Waals surface area contributed by atoms with Crippen LogP contribution in [0.1, 0.15) is 16.8 Å². The second-order valence-electron chi connectivity index (χ2n) is 4.00. The smallest absolute Gasteiger partial charge is 0.171 e. The van der Waals surface area contributed by atoms with Crippen LogP contribution in [0.15, 0.2) is 18.2 Å². The summed E-state index contributed by atoms with van der Waals surface area (Å²) >= 11 is 5.61. The van der Waals surface area contributed by atoms with Crippen LogP contribution in [-0.2, 0) is 0 Å². The van der Waals surface area contributed by atoms with Gasteiger partial charge in [0.1, 0.15) is 17.4 Å². The minimum atomic E-state index is -0.540. The van der Waals surface area contributed by atoms with Crippen molar-refractivity contribution in [2.45, 2.75) is 13.8 Å². The molecular weight excluding hydrogens is 267 g/mol. The Kier molecular flexibility index (Phi) is 3.63. The van der Waals surface area contributed by atoms with Crippen LogP contribution in [0.5, 0.6) is 0 Å². The zero-order valence-electron chi connectivity index (χ0n) is 10.3. The lowest BCUT2D eigenvalue weighted by atomic mass is 10.1. The van der Waals surface area contributed by atoms with E-state index >= 15 is 0 Å². The normalized spacial score (nSPS) is 10.1. The maximum atomic E-state index is 13.3. The number of nitrogens with one attached hydrogen (secondary N) is 1. The van der Waals surface area contributed by atoms with Crippen molar-refractivity contribution in [1.82, 2.24) is 10.2 Å². The first-order valence-electron chi connectivity index (χ1n) is 5.49. The molecule has 2 aromatic rings. The molecule has 0 fully saturated rings. The molecule has 0 aliphatic heterocycles. The van der Waals surface area contributed by atoms with E-state index in [9.17, 15) is 4.39 Å². The van der Waals surface area contributed by atoms with E-state index in [1.807, 2.05) is 0 Å². The molecule has 0 amide bonds. The van der Waals surface area contributed by atoms with Gasteiger partial charge >= 0.3 is 0 Å². The Labute approximate surface area is 114 Å². The van der Waals surface area contributed by atoms with Gasteiger partial charge in [-0.3, -0.25) is 0 Å². The number of anilines is 2. The summed E-state index contributed by atoms with van der Waals surface area (Å²) in [4.78, 5) is 0. The van der Waals surface area contributed by atoms with Crippen LogP contribution in [0, 0.1) is 31.0 Å². The quantitative estimate of drug-likeness (QED) is 0.912. The van der Waals surface area contributed by atoms with Crippen molar-refractivity contribution >= 4 is 23.1 Å². The molecule has 0 bridgehead atoms. The zero-order chi connectivity index (χ0) is 14.0. The Morgan fingerprint density at radius 2 is 2.05 bits per heavy atom. The highest BCUT2D eigenvalue weighted by Crippen LogP contribution is 2.24. The first-order chi connectivity index (χ1) is 9.02. The van der Waals surface area contributed by atoms with Gasteiger partial charge in [-0.15, -0.1) is 5.10 Å². The van der Waals surface area contributed by atoms with Gasteiger partial charge in [0.2, 0.25) is 0 Å².